The molecule has 6 nitrogen and oxygen atoms in total. The lowest BCUT2D eigenvalue weighted by Crippen LogP contribution is -2.54. The average Bonchev–Trinajstić information content (AvgIpc) is 3.37. The summed E-state index contributed by atoms with van der Waals surface area (Å²) in [5.41, 5.74) is 3.03. The molecular weight excluding hydrogens is 846 g/mol. The third-order valence-electron chi connectivity index (χ3n) is 12.2. The molecule has 9 heteroatoms. The SMILES string of the molecule is COc1cc(CN(CC(C(=O)NCc2ccccc2)(c2ccc(-c3ccccc3)c(F)c2)c2ccc(-c3ccccc3)c(F)c2)C(=O)[C@H](C)c2ccc(-c3ccccc3)c(F)c2)cc(OC)c1. The van der Waals surface area contributed by atoms with Gasteiger partial charge in [-0.2, -0.15) is 0 Å². The Labute approximate surface area is 389 Å². The molecule has 0 radical (unpaired) electrons. The van der Waals surface area contributed by atoms with Gasteiger partial charge in [0.1, 0.15) is 34.4 Å². The summed E-state index contributed by atoms with van der Waals surface area (Å²) in [6.45, 7) is 1.23. The first kappa shape index (κ1) is 45.7. The van der Waals surface area contributed by atoms with E-state index in [0.717, 1.165) is 5.56 Å². The maximum absolute atomic E-state index is 16.9. The van der Waals surface area contributed by atoms with Crippen molar-refractivity contribution in [3.63, 3.8) is 0 Å². The summed E-state index contributed by atoms with van der Waals surface area (Å²) in [5.74, 6) is -2.88. The van der Waals surface area contributed by atoms with E-state index in [1.54, 1.807) is 110 Å². The molecule has 0 fully saturated rings. The van der Waals surface area contributed by atoms with Crippen LogP contribution in [0, 0.1) is 17.5 Å². The number of methoxy groups -OCH3 is 2. The second kappa shape index (κ2) is 20.5. The van der Waals surface area contributed by atoms with E-state index in [1.165, 1.54) is 37.3 Å². The number of rotatable bonds is 16. The quantitative estimate of drug-likeness (QED) is 0.105. The van der Waals surface area contributed by atoms with E-state index >= 15 is 22.8 Å². The Morgan fingerprint density at radius 1 is 0.537 bits per heavy atom. The Hall–Kier alpha value is -7.91. The molecule has 67 heavy (non-hydrogen) atoms. The zero-order valence-electron chi connectivity index (χ0n) is 37.4. The highest BCUT2D eigenvalue weighted by Crippen LogP contribution is 2.40. The molecule has 0 saturated carbocycles. The van der Waals surface area contributed by atoms with Crippen LogP contribution in [0.5, 0.6) is 11.5 Å². The van der Waals surface area contributed by atoms with E-state index in [9.17, 15) is 0 Å². The highest BCUT2D eigenvalue weighted by atomic mass is 19.1. The van der Waals surface area contributed by atoms with Crippen molar-refractivity contribution < 1.29 is 32.2 Å². The third kappa shape index (κ3) is 10.0. The number of carbonyl (C=O) groups excluding carboxylic acids is 2. The number of hydrogen-bond donors (Lipinski definition) is 1. The molecule has 8 rings (SSSR count). The Kier molecular flexibility index (Phi) is 14.0. The summed E-state index contributed by atoms with van der Waals surface area (Å²) in [5, 5.41) is 3.09. The van der Waals surface area contributed by atoms with Crippen LogP contribution >= 0.6 is 0 Å². The van der Waals surface area contributed by atoms with Gasteiger partial charge in [0.25, 0.3) is 0 Å². The molecule has 8 aromatic carbocycles. The molecule has 0 spiro atoms. The van der Waals surface area contributed by atoms with Gasteiger partial charge in [0.05, 0.1) is 20.1 Å². The van der Waals surface area contributed by atoms with Crippen molar-refractivity contribution in [2.75, 3.05) is 20.8 Å². The van der Waals surface area contributed by atoms with Crippen LogP contribution in [0.2, 0.25) is 0 Å². The van der Waals surface area contributed by atoms with Gasteiger partial charge in [-0.15, -0.1) is 0 Å². The summed E-state index contributed by atoms with van der Waals surface area (Å²) in [6, 6.07) is 55.5. The lowest BCUT2D eigenvalue weighted by atomic mass is 9.72. The number of nitrogens with zero attached hydrogens (tertiary/aromatic N) is 1. The van der Waals surface area contributed by atoms with Crippen molar-refractivity contribution in [3.8, 4) is 44.9 Å². The molecule has 0 bridgehead atoms. The topological polar surface area (TPSA) is 67.9 Å². The minimum atomic E-state index is -1.96. The standard InChI is InChI=1S/C58H49F3N2O4/c1-39(45-24-27-50(53(59)32-45)42-18-10-5-11-19-42)56(64)63(37-41-30-48(66-2)35-49(31-41)67-3)38-58(57(65)62-36-40-16-8-4-9-17-40,46-25-28-51(54(60)33-46)43-20-12-6-13-21-43)47-26-29-52(55(61)34-47)44-22-14-7-15-23-44/h4-35,39H,36-38H2,1-3H3,(H,62,65)/t39-/m1/s1. The van der Waals surface area contributed by atoms with Crippen LogP contribution in [0.3, 0.4) is 0 Å². The van der Waals surface area contributed by atoms with Crippen LogP contribution in [0.15, 0.2) is 194 Å². The minimum absolute atomic E-state index is 0.0705. The van der Waals surface area contributed by atoms with Crippen LogP contribution < -0.4 is 14.8 Å². The molecule has 0 aliphatic heterocycles. The van der Waals surface area contributed by atoms with Crippen molar-refractivity contribution in [1.29, 1.82) is 0 Å². The number of ether oxygens (including phenoxy) is 2. The third-order valence-corrected chi connectivity index (χ3v) is 12.2. The minimum Gasteiger partial charge on any atom is -0.497 e. The predicted octanol–water partition coefficient (Wildman–Crippen LogP) is 12.6. The number of amides is 2. The van der Waals surface area contributed by atoms with Gasteiger partial charge >= 0.3 is 0 Å². The highest BCUT2D eigenvalue weighted by Gasteiger charge is 2.46. The summed E-state index contributed by atoms with van der Waals surface area (Å²) in [6.07, 6.45) is 0. The molecule has 0 saturated heterocycles. The first-order valence-electron chi connectivity index (χ1n) is 22.0. The summed E-state index contributed by atoms with van der Waals surface area (Å²) in [7, 11) is 3.03. The van der Waals surface area contributed by atoms with Crippen LogP contribution in [-0.4, -0.2) is 37.5 Å². The van der Waals surface area contributed by atoms with Gasteiger partial charge in [-0.25, -0.2) is 13.2 Å². The first-order chi connectivity index (χ1) is 32.6. The van der Waals surface area contributed by atoms with Crippen molar-refractivity contribution in [2.24, 2.45) is 0 Å². The van der Waals surface area contributed by atoms with E-state index in [4.69, 9.17) is 9.47 Å². The van der Waals surface area contributed by atoms with Gasteiger partial charge in [0.15, 0.2) is 0 Å². The van der Waals surface area contributed by atoms with Crippen molar-refractivity contribution in [2.45, 2.75) is 31.3 Å². The molecule has 0 aliphatic rings. The van der Waals surface area contributed by atoms with Crippen LogP contribution in [0.25, 0.3) is 33.4 Å². The Balaban J connectivity index is 1.33. The number of nitrogens with one attached hydrogen (secondary N) is 1. The van der Waals surface area contributed by atoms with Gasteiger partial charge in [0.2, 0.25) is 11.8 Å². The Bertz CT molecular complexity index is 2880. The molecule has 0 unspecified atom stereocenters. The molecule has 336 valence electrons. The molecule has 8 aromatic rings. The van der Waals surface area contributed by atoms with Crippen LogP contribution in [0.4, 0.5) is 13.2 Å². The summed E-state index contributed by atoms with van der Waals surface area (Å²) in [4.78, 5) is 32.6. The van der Waals surface area contributed by atoms with Crippen LogP contribution in [0.1, 0.15) is 40.7 Å². The van der Waals surface area contributed by atoms with Crippen molar-refractivity contribution >= 4 is 11.8 Å². The van der Waals surface area contributed by atoms with Gasteiger partial charge in [-0.3, -0.25) is 9.59 Å². The first-order valence-corrected chi connectivity index (χ1v) is 22.0. The van der Waals surface area contributed by atoms with E-state index in [0.29, 0.717) is 56.0 Å². The fraction of sp³-hybridized carbons (Fsp3) is 0.138. The normalized spacial score (nSPS) is 11.7. The van der Waals surface area contributed by atoms with Crippen molar-refractivity contribution in [1.82, 2.24) is 10.2 Å². The number of carbonyl (C=O) groups is 2. The second-order valence-electron chi connectivity index (χ2n) is 16.4. The average molecular weight is 895 g/mol. The molecular formula is C58H49F3N2O4. The van der Waals surface area contributed by atoms with E-state index in [2.05, 4.69) is 5.32 Å². The highest BCUT2D eigenvalue weighted by molar-refractivity contribution is 5.94. The molecule has 0 aromatic heterocycles. The number of halogens is 3. The fourth-order valence-corrected chi connectivity index (χ4v) is 8.62. The zero-order valence-corrected chi connectivity index (χ0v) is 37.4. The van der Waals surface area contributed by atoms with Gasteiger partial charge in [0, 0.05) is 42.4 Å². The molecule has 2 amide bonds. The summed E-state index contributed by atoms with van der Waals surface area (Å²) < 4.78 is 61.0. The second-order valence-corrected chi connectivity index (χ2v) is 16.4. The largest absolute Gasteiger partial charge is 0.497 e. The fourth-order valence-electron chi connectivity index (χ4n) is 8.62. The van der Waals surface area contributed by atoms with E-state index < -0.39 is 47.1 Å². The lowest BCUT2D eigenvalue weighted by Gasteiger charge is -2.39. The van der Waals surface area contributed by atoms with Crippen LogP contribution in [-0.2, 0) is 28.1 Å². The van der Waals surface area contributed by atoms with Crippen molar-refractivity contribution in [3.05, 3.63) is 239 Å². The lowest BCUT2D eigenvalue weighted by molar-refractivity contribution is -0.135. The predicted molar refractivity (Wildman–Crippen MR) is 258 cm³/mol. The molecule has 0 heterocycles. The summed E-state index contributed by atoms with van der Waals surface area (Å²) >= 11 is 0. The maximum atomic E-state index is 16.9. The smallest absolute Gasteiger partial charge is 0.237 e. The number of benzene rings is 8. The monoisotopic (exact) mass is 894 g/mol. The molecule has 0 aliphatic carbocycles. The number of hydrogen-bond acceptors (Lipinski definition) is 4. The Morgan fingerprint density at radius 3 is 1.40 bits per heavy atom. The van der Waals surface area contributed by atoms with Gasteiger partial charge in [-0.1, -0.05) is 158 Å². The van der Waals surface area contributed by atoms with Gasteiger partial charge < -0.3 is 19.7 Å². The maximum Gasteiger partial charge on any atom is 0.237 e. The van der Waals surface area contributed by atoms with Gasteiger partial charge in [-0.05, 0) is 81.8 Å². The molecule has 1 N–H and O–H groups in total. The molecule has 1 atom stereocenters. The zero-order chi connectivity index (χ0) is 46.9. The van der Waals surface area contributed by atoms with E-state index in [-0.39, 0.29) is 24.2 Å². The Morgan fingerprint density at radius 2 is 0.970 bits per heavy atom. The van der Waals surface area contributed by atoms with E-state index in [1.807, 2.05) is 72.8 Å².